The Labute approximate surface area is 133 Å². The Morgan fingerprint density at radius 2 is 1.70 bits per heavy atom. The van der Waals surface area contributed by atoms with Gasteiger partial charge in [-0.2, -0.15) is 0 Å². The van der Waals surface area contributed by atoms with Crippen molar-refractivity contribution in [2.24, 2.45) is 0 Å². The summed E-state index contributed by atoms with van der Waals surface area (Å²) in [7, 11) is 0. The molecule has 1 nitrogen and oxygen atoms in total. The van der Waals surface area contributed by atoms with Crippen molar-refractivity contribution in [2.45, 2.75) is 42.8 Å². The van der Waals surface area contributed by atoms with Gasteiger partial charge in [0.1, 0.15) is 5.76 Å². The third-order valence-electron chi connectivity index (χ3n) is 4.15. The van der Waals surface area contributed by atoms with Crippen molar-refractivity contribution in [1.82, 2.24) is 0 Å². The van der Waals surface area contributed by atoms with Crippen LogP contribution < -0.4 is 0 Å². The van der Waals surface area contributed by atoms with Crippen molar-refractivity contribution in [3.05, 3.63) is 58.5 Å². The number of alkyl halides is 1. The molecule has 106 valence electrons. The summed E-state index contributed by atoms with van der Waals surface area (Å²) in [5.74, 6) is 1.60. The highest BCUT2D eigenvalue weighted by atomic mass is 79.9. The van der Waals surface area contributed by atoms with E-state index < -0.39 is 0 Å². The van der Waals surface area contributed by atoms with Crippen LogP contribution >= 0.6 is 27.5 Å². The van der Waals surface area contributed by atoms with E-state index in [2.05, 4.69) is 40.2 Å². The van der Waals surface area contributed by atoms with Crippen molar-refractivity contribution in [3.8, 4) is 0 Å². The Balaban J connectivity index is 1.75. The lowest BCUT2D eigenvalue weighted by Gasteiger charge is -2.22. The summed E-state index contributed by atoms with van der Waals surface area (Å²) >= 11 is 9.51. The van der Waals surface area contributed by atoms with Gasteiger partial charge in [-0.25, -0.2) is 0 Å². The molecular formula is C17H18BrClO. The average Bonchev–Trinajstić information content (AvgIpc) is 2.94. The minimum absolute atomic E-state index is 0.0652. The second-order valence-electron chi connectivity index (χ2n) is 5.51. The van der Waals surface area contributed by atoms with Crippen LogP contribution in [0.4, 0.5) is 0 Å². The minimum atomic E-state index is 0.0652. The molecule has 20 heavy (non-hydrogen) atoms. The molecule has 0 aliphatic heterocycles. The first kappa shape index (κ1) is 14.2. The predicted molar refractivity (Wildman–Crippen MR) is 86.8 cm³/mol. The summed E-state index contributed by atoms with van der Waals surface area (Å²) in [4.78, 5) is 0.0652. The average molecular weight is 354 g/mol. The second kappa shape index (κ2) is 6.36. The molecule has 0 bridgehead atoms. The van der Waals surface area contributed by atoms with Gasteiger partial charge >= 0.3 is 0 Å². The van der Waals surface area contributed by atoms with E-state index in [9.17, 15) is 0 Å². The SMILES string of the molecule is Clc1ccc(C(Br)c2ccc(C3CCCCC3)cc2)o1. The predicted octanol–water partition coefficient (Wildman–Crippen LogP) is 6.47. The van der Waals surface area contributed by atoms with E-state index in [1.807, 2.05) is 6.07 Å². The summed E-state index contributed by atoms with van der Waals surface area (Å²) in [6.45, 7) is 0. The smallest absolute Gasteiger partial charge is 0.193 e. The number of benzene rings is 1. The minimum Gasteiger partial charge on any atom is -0.448 e. The van der Waals surface area contributed by atoms with Crippen molar-refractivity contribution >= 4 is 27.5 Å². The van der Waals surface area contributed by atoms with Crippen LogP contribution in [-0.4, -0.2) is 0 Å². The number of hydrogen-bond acceptors (Lipinski definition) is 1. The van der Waals surface area contributed by atoms with Gasteiger partial charge in [-0.05, 0) is 53.6 Å². The maximum absolute atomic E-state index is 5.83. The highest BCUT2D eigenvalue weighted by Gasteiger charge is 2.17. The van der Waals surface area contributed by atoms with Crippen LogP contribution in [0.1, 0.15) is 59.7 Å². The largest absolute Gasteiger partial charge is 0.448 e. The van der Waals surface area contributed by atoms with Gasteiger partial charge in [0.05, 0.1) is 4.83 Å². The van der Waals surface area contributed by atoms with E-state index in [4.69, 9.17) is 16.0 Å². The molecule has 1 aliphatic carbocycles. The highest BCUT2D eigenvalue weighted by Crippen LogP contribution is 2.36. The maximum atomic E-state index is 5.83. The summed E-state index contributed by atoms with van der Waals surface area (Å²) in [6, 6.07) is 12.6. The molecule has 0 amide bonds. The zero-order valence-electron chi connectivity index (χ0n) is 11.3. The van der Waals surface area contributed by atoms with Crippen LogP contribution in [0.5, 0.6) is 0 Å². The zero-order valence-corrected chi connectivity index (χ0v) is 13.7. The molecule has 1 heterocycles. The van der Waals surface area contributed by atoms with E-state index in [0.717, 1.165) is 11.7 Å². The lowest BCUT2D eigenvalue weighted by molar-refractivity contribution is 0.443. The summed E-state index contributed by atoms with van der Waals surface area (Å²) in [5, 5.41) is 0.434. The van der Waals surface area contributed by atoms with Crippen LogP contribution in [0.2, 0.25) is 5.22 Å². The van der Waals surface area contributed by atoms with Gasteiger partial charge < -0.3 is 4.42 Å². The lowest BCUT2D eigenvalue weighted by Crippen LogP contribution is -2.04. The molecule has 0 radical (unpaired) electrons. The Morgan fingerprint density at radius 3 is 2.30 bits per heavy atom. The molecule has 1 aromatic heterocycles. The molecule has 1 fully saturated rings. The molecule has 1 aliphatic rings. The van der Waals surface area contributed by atoms with Gasteiger partial charge in [0.25, 0.3) is 0 Å². The molecule has 1 unspecified atom stereocenters. The monoisotopic (exact) mass is 352 g/mol. The molecule has 0 spiro atoms. The first-order valence-corrected chi connectivity index (χ1v) is 8.52. The molecule has 1 aromatic carbocycles. The van der Waals surface area contributed by atoms with Crippen LogP contribution in [-0.2, 0) is 0 Å². The number of hydrogen-bond donors (Lipinski definition) is 0. The Hall–Kier alpha value is -0.730. The van der Waals surface area contributed by atoms with E-state index in [1.54, 1.807) is 6.07 Å². The molecular weight excluding hydrogens is 336 g/mol. The molecule has 0 N–H and O–H groups in total. The number of halogens is 2. The fourth-order valence-corrected chi connectivity index (χ4v) is 3.71. The van der Waals surface area contributed by atoms with Crippen LogP contribution in [0.25, 0.3) is 0 Å². The molecule has 1 atom stereocenters. The van der Waals surface area contributed by atoms with Gasteiger partial charge in [-0.1, -0.05) is 59.5 Å². The number of furan rings is 1. The first-order valence-electron chi connectivity index (χ1n) is 7.23. The molecule has 2 aromatic rings. The lowest BCUT2D eigenvalue weighted by atomic mass is 9.84. The van der Waals surface area contributed by atoms with Crippen LogP contribution in [0, 0.1) is 0 Å². The number of rotatable bonds is 3. The molecule has 3 rings (SSSR count). The Bertz CT molecular complexity index is 555. The van der Waals surface area contributed by atoms with Crippen molar-refractivity contribution in [2.75, 3.05) is 0 Å². The van der Waals surface area contributed by atoms with Crippen molar-refractivity contribution in [3.63, 3.8) is 0 Å². The van der Waals surface area contributed by atoms with Crippen molar-refractivity contribution < 1.29 is 4.42 Å². The van der Waals surface area contributed by atoms with Gasteiger partial charge in [-0.15, -0.1) is 0 Å². The fraction of sp³-hybridized carbons (Fsp3) is 0.412. The highest BCUT2D eigenvalue weighted by molar-refractivity contribution is 9.09. The Morgan fingerprint density at radius 1 is 1.00 bits per heavy atom. The first-order chi connectivity index (χ1) is 9.74. The van der Waals surface area contributed by atoms with Gasteiger partial charge in [0.15, 0.2) is 5.22 Å². The fourth-order valence-electron chi connectivity index (χ4n) is 3.00. The summed E-state index contributed by atoms with van der Waals surface area (Å²) in [6.07, 6.45) is 6.82. The quantitative estimate of drug-likeness (QED) is 0.577. The Kier molecular flexibility index (Phi) is 4.52. The van der Waals surface area contributed by atoms with Crippen LogP contribution in [0.3, 0.4) is 0 Å². The second-order valence-corrected chi connectivity index (χ2v) is 6.79. The summed E-state index contributed by atoms with van der Waals surface area (Å²) < 4.78 is 5.46. The normalized spacial score (nSPS) is 18.1. The van der Waals surface area contributed by atoms with E-state index in [1.165, 1.54) is 43.2 Å². The van der Waals surface area contributed by atoms with E-state index in [0.29, 0.717) is 5.22 Å². The summed E-state index contributed by atoms with van der Waals surface area (Å²) in [5.41, 5.74) is 2.68. The molecule has 1 saturated carbocycles. The van der Waals surface area contributed by atoms with Gasteiger partial charge in [-0.3, -0.25) is 0 Å². The third-order valence-corrected chi connectivity index (χ3v) is 5.33. The maximum Gasteiger partial charge on any atom is 0.193 e. The van der Waals surface area contributed by atoms with Crippen molar-refractivity contribution in [1.29, 1.82) is 0 Å². The third kappa shape index (κ3) is 3.12. The topological polar surface area (TPSA) is 13.1 Å². The van der Waals surface area contributed by atoms with E-state index in [-0.39, 0.29) is 4.83 Å². The zero-order chi connectivity index (χ0) is 13.9. The molecule has 0 saturated heterocycles. The van der Waals surface area contributed by atoms with E-state index >= 15 is 0 Å². The van der Waals surface area contributed by atoms with Crippen LogP contribution in [0.15, 0.2) is 40.8 Å². The van der Waals surface area contributed by atoms with Gasteiger partial charge in [0, 0.05) is 0 Å². The molecule has 3 heteroatoms. The standard InChI is InChI=1S/C17H18BrClO/c18-17(15-10-11-16(19)20-15)14-8-6-13(7-9-14)12-4-2-1-3-5-12/h6-12,17H,1-5H2. The van der Waals surface area contributed by atoms with Gasteiger partial charge in [0.2, 0.25) is 0 Å².